The van der Waals surface area contributed by atoms with Crippen LogP contribution in [0.4, 0.5) is 0 Å². The average molecular weight is 1930 g/mol. The van der Waals surface area contributed by atoms with Crippen LogP contribution in [0.25, 0.3) is 0 Å². The molecule has 7 amide bonds. The largest absolute Gasteiger partial charge is 0.394 e. The highest BCUT2D eigenvalue weighted by molar-refractivity contribution is 5.75. The molecule has 10 aliphatic rings. The van der Waals surface area contributed by atoms with E-state index in [0.29, 0.717) is 0 Å². The maximum atomic E-state index is 13.6. The van der Waals surface area contributed by atoms with E-state index in [1.807, 2.05) is 0 Å². The number of carbonyl (C=O) groups excluding carboxylic acids is 7. The van der Waals surface area contributed by atoms with Crippen molar-refractivity contribution < 1.29 is 251 Å². The van der Waals surface area contributed by atoms with Crippen LogP contribution in [0.2, 0.25) is 0 Å². The summed E-state index contributed by atoms with van der Waals surface area (Å²) in [6, 6.07) is -13.4. The minimum atomic E-state index is -2.85. The van der Waals surface area contributed by atoms with Gasteiger partial charge in [-0.15, -0.1) is 0 Å². The fourth-order valence-electron chi connectivity index (χ4n) is 17.0. The highest BCUT2D eigenvalue weighted by atomic mass is 16.8. The third-order valence-corrected chi connectivity index (χ3v) is 23.7. The van der Waals surface area contributed by atoms with Crippen LogP contribution in [0.5, 0.6) is 0 Å². The summed E-state index contributed by atoms with van der Waals surface area (Å²) in [5, 5.41) is 303. The summed E-state index contributed by atoms with van der Waals surface area (Å²) in [5.74, 6) is -6.63. The van der Waals surface area contributed by atoms with Crippen LogP contribution in [0, 0.1) is 0 Å². The van der Waals surface area contributed by atoms with E-state index < -0.39 is 414 Å². The van der Waals surface area contributed by atoms with Gasteiger partial charge in [0.1, 0.15) is 244 Å². The van der Waals surface area contributed by atoms with Gasteiger partial charge in [-0.3, -0.25) is 33.6 Å². The van der Waals surface area contributed by atoms with Gasteiger partial charge in [0, 0.05) is 48.5 Å². The first-order valence-corrected chi connectivity index (χ1v) is 42.1. The van der Waals surface area contributed by atoms with Crippen molar-refractivity contribution in [3.8, 4) is 0 Å². The third-order valence-electron chi connectivity index (χ3n) is 23.7. The number of hydrogen-bond acceptors (Lipinski definition) is 51. The fourth-order valence-corrected chi connectivity index (χ4v) is 17.0. The van der Waals surface area contributed by atoms with E-state index in [2.05, 4.69) is 37.2 Å². The SMILES string of the molecule is CC(=O)N[C@@H]1[C@@H](O)[C@H](O[C@@H]2O[C@H](CO)[C@@H](O[C@@H]3O[C@H](CO[C@H]4O[C@H](CO)[C@@H](O[C@@H]5O[C@H](CO)[C@@H](O)[C@H](O)[C@H]5NC(C)=O)[C@H](O)[C@@H]4O[C@@H]4O[C@H](CO)[C@@H](O)[C@H](O)[C@H]4NC(C)=O)[C@@H](O[C@@H]4O[C@H](CO)[C@@H](O)[C@H](O)[C@H]4NC(C)=O)[C@H](O[C@H]4O[C@H](CO[C@@H]5O[C@H](CO)[C@@H](O)[C@H](O)[C@H]5NC(C)=O)[C@@H](O)[C@H](O)[C@@H]4O[C@@H]4O[C@H](CO)[C@@H](O)[C@H](O)[C@H]4NC(C)=O)[C@@H]3O)[C@H](O)[C@H]2NC(C)=O)[C@@H](CO)O[C@H]1O. The molecule has 0 aromatic heterocycles. The van der Waals surface area contributed by atoms with Crippen molar-refractivity contribution in [1.29, 1.82) is 0 Å². The number of aliphatic hydroxyl groups is 25. The third kappa shape index (κ3) is 24.9. The van der Waals surface area contributed by atoms with Crippen molar-refractivity contribution in [1.82, 2.24) is 37.2 Å². The second kappa shape index (κ2) is 47.9. The zero-order valence-electron chi connectivity index (χ0n) is 71.7. The molecule has 10 aliphatic heterocycles. The van der Waals surface area contributed by atoms with Gasteiger partial charge in [-0.2, -0.15) is 0 Å². The molecule has 10 heterocycles. The smallest absolute Gasteiger partial charge is 0.217 e. The Balaban J connectivity index is 1.16. The first kappa shape index (κ1) is 109. The molecule has 10 saturated heterocycles. The molecule has 58 heteroatoms. The lowest BCUT2D eigenvalue weighted by atomic mass is 9.93. The van der Waals surface area contributed by atoms with Gasteiger partial charge in [0.2, 0.25) is 41.4 Å². The van der Waals surface area contributed by atoms with E-state index in [-0.39, 0.29) is 0 Å². The van der Waals surface area contributed by atoms with Crippen molar-refractivity contribution in [3.05, 3.63) is 0 Å². The second-order valence-electron chi connectivity index (χ2n) is 33.2. The highest BCUT2D eigenvalue weighted by Gasteiger charge is 2.63. The monoisotopic (exact) mass is 1930 g/mol. The zero-order chi connectivity index (χ0) is 97.4. The van der Waals surface area contributed by atoms with Crippen LogP contribution >= 0.6 is 0 Å². The quantitative estimate of drug-likeness (QED) is 0.0280. The summed E-state index contributed by atoms with van der Waals surface area (Å²) in [6.07, 6.45) is -95.3. The van der Waals surface area contributed by atoms with E-state index in [0.717, 1.165) is 48.5 Å². The standard InChI is InChI=1S/C74H123N7O51/c1-18(90)75-35-53(108)58(30(13-87)116-65(35)113)126-71-41(81-24(7)96)54(109)59(31(14-88)122-71)128-72-57(112)62(130-74-63(131-69-39(79-22(5)94)51(106)45(100)28(11-85)120-69)55(110)47(102)33(124-74)16-114-66-36(76-19(2)91)48(103)42(97)25(8-82)117-66)61(129-68-38(78-21(4)93)50(105)44(99)27(10-84)119-68)34(125-72)17-115-73-64(132-70-40(80-23(6)95)52(107)46(101)29(12-86)121-70)56(111)60(32(15-89)123-73)127-67-37(77-20(3)92)49(104)43(98)26(9-83)118-67/h25-74,82-89,97-113H,8-17H2,1-7H3,(H,75,90)(H,76,91)(H,77,92)(H,78,93)(H,79,94)(H,80,95)(H,81,96)/t25-,26-,27-,28-,29-,30-,31-,32-,33-,34-,35-,36-,37-,38-,39-,40-,41-,42-,43-,44-,45-,46-,47-,48-,49-,50-,51-,52-,53-,54-,55+,56+,57+,58-,59-,60-,61-,62-,63+,64+,65-,66-,67+,68+,69+,70+,71+,72+,73+,74-/m1/s1. The maximum absolute atomic E-state index is 13.6. The molecule has 0 unspecified atom stereocenters. The van der Waals surface area contributed by atoms with E-state index >= 15 is 0 Å². The number of hydrogen-bond donors (Lipinski definition) is 32. The van der Waals surface area contributed by atoms with Crippen molar-refractivity contribution in [2.75, 3.05) is 66.1 Å². The second-order valence-corrected chi connectivity index (χ2v) is 33.2. The summed E-state index contributed by atoms with van der Waals surface area (Å²) >= 11 is 0. The highest BCUT2D eigenvalue weighted by Crippen LogP contribution is 2.42. The van der Waals surface area contributed by atoms with Crippen LogP contribution in [-0.4, -0.2) is 542 Å². The van der Waals surface area contributed by atoms with Gasteiger partial charge in [-0.05, 0) is 0 Å². The zero-order valence-corrected chi connectivity index (χ0v) is 71.7. The number of aliphatic hydroxyl groups excluding tert-OH is 25. The summed E-state index contributed by atoms with van der Waals surface area (Å²) in [5.41, 5.74) is 0. The normalized spacial score (nSPS) is 46.7. The van der Waals surface area contributed by atoms with Crippen molar-refractivity contribution in [2.24, 2.45) is 0 Å². The lowest BCUT2D eigenvalue weighted by Gasteiger charge is -2.52. The molecule has 0 aliphatic carbocycles. The van der Waals surface area contributed by atoms with E-state index in [9.17, 15) is 161 Å². The minimum Gasteiger partial charge on any atom is -0.394 e. The van der Waals surface area contributed by atoms with Crippen molar-refractivity contribution in [3.63, 3.8) is 0 Å². The summed E-state index contributed by atoms with van der Waals surface area (Å²) in [4.78, 5) is 90.5. The molecule has 58 nitrogen and oxygen atoms in total. The van der Waals surface area contributed by atoms with Crippen LogP contribution in [0.15, 0.2) is 0 Å². The summed E-state index contributed by atoms with van der Waals surface area (Å²) < 4.78 is 118. The summed E-state index contributed by atoms with van der Waals surface area (Å²) in [6.45, 7) is -5.33. The van der Waals surface area contributed by atoms with Gasteiger partial charge in [-0.25, -0.2) is 0 Å². The van der Waals surface area contributed by atoms with Gasteiger partial charge in [0.25, 0.3) is 0 Å². The molecule has 0 bridgehead atoms. The first-order valence-electron chi connectivity index (χ1n) is 42.1. The Morgan fingerprint density at radius 1 is 0.197 bits per heavy atom. The lowest BCUT2D eigenvalue weighted by Crippen LogP contribution is -2.71. The predicted molar refractivity (Wildman–Crippen MR) is 411 cm³/mol. The van der Waals surface area contributed by atoms with Crippen LogP contribution in [-0.2, 0) is 124 Å². The summed E-state index contributed by atoms with van der Waals surface area (Å²) in [7, 11) is 0. The Labute approximate surface area is 748 Å². The van der Waals surface area contributed by atoms with Crippen LogP contribution < -0.4 is 37.2 Å². The first-order chi connectivity index (χ1) is 62.4. The van der Waals surface area contributed by atoms with Gasteiger partial charge < -0.3 is 255 Å². The molecule has 32 N–H and O–H groups in total. The molecule has 760 valence electrons. The molecule has 50 atom stereocenters. The molecule has 132 heavy (non-hydrogen) atoms. The van der Waals surface area contributed by atoms with Crippen LogP contribution in [0.3, 0.4) is 0 Å². The molecule has 0 aromatic rings. The van der Waals surface area contributed by atoms with E-state index in [1.54, 1.807) is 0 Å². The maximum Gasteiger partial charge on any atom is 0.217 e. The van der Waals surface area contributed by atoms with E-state index in [1.165, 1.54) is 0 Å². The number of rotatable bonds is 35. The van der Waals surface area contributed by atoms with Crippen LogP contribution in [0.1, 0.15) is 48.5 Å². The molecular formula is C74H123N7O51. The Kier molecular flexibility index (Phi) is 39.4. The molecule has 0 spiro atoms. The van der Waals surface area contributed by atoms with Gasteiger partial charge in [-0.1, -0.05) is 0 Å². The number of nitrogens with one attached hydrogen (secondary N) is 7. The van der Waals surface area contributed by atoms with Gasteiger partial charge >= 0.3 is 0 Å². The molecule has 10 fully saturated rings. The number of amides is 7. The Morgan fingerprint density at radius 3 is 0.780 bits per heavy atom. The molecule has 10 rings (SSSR count). The van der Waals surface area contributed by atoms with Crippen molar-refractivity contribution >= 4 is 41.4 Å². The molecule has 0 saturated carbocycles. The molecule has 0 aromatic carbocycles. The lowest BCUT2D eigenvalue weighted by molar-refractivity contribution is -0.409. The molecular weight excluding hydrogens is 1800 g/mol. The Hall–Kier alpha value is -5.47. The van der Waals surface area contributed by atoms with Gasteiger partial charge in [0.15, 0.2) is 62.9 Å². The predicted octanol–water partition coefficient (Wildman–Crippen LogP) is -21.8. The topological polar surface area (TPSA) is 885 Å². The van der Waals surface area contributed by atoms with Crippen molar-refractivity contribution in [2.45, 2.75) is 355 Å². The minimum absolute atomic E-state index is 0.838. The van der Waals surface area contributed by atoms with E-state index in [4.69, 9.17) is 90.0 Å². The Bertz CT molecular complexity index is 3700. The number of ether oxygens (including phenoxy) is 19. The Morgan fingerprint density at radius 2 is 0.424 bits per heavy atom. The average Bonchev–Trinajstić information content (AvgIpc) is 0.765. The fraction of sp³-hybridized carbons (Fsp3) is 0.905. The molecule has 0 radical (unpaired) electrons. The number of carbonyl (C=O) groups is 7. The van der Waals surface area contributed by atoms with Gasteiger partial charge in [0.05, 0.1) is 66.1 Å².